The molecule has 5 atom stereocenters. The van der Waals surface area contributed by atoms with Gasteiger partial charge in [0, 0.05) is 12.2 Å². The van der Waals surface area contributed by atoms with Crippen LogP contribution in [-0.2, 0) is 23.8 Å². The van der Waals surface area contributed by atoms with Crippen molar-refractivity contribution in [2.45, 2.75) is 30.7 Å². The molecule has 1 aliphatic heterocycles. The van der Waals surface area contributed by atoms with Gasteiger partial charge in [0.1, 0.15) is 24.9 Å². The van der Waals surface area contributed by atoms with E-state index in [2.05, 4.69) is 0 Å². The minimum Gasteiger partial charge on any atom is -0.504 e. The first kappa shape index (κ1) is 26.5. The zero-order chi connectivity index (χ0) is 26.4. The van der Waals surface area contributed by atoms with Gasteiger partial charge >= 0.3 is 11.9 Å². The van der Waals surface area contributed by atoms with Crippen LogP contribution >= 0.6 is 0 Å². The van der Waals surface area contributed by atoms with Crippen molar-refractivity contribution in [3.63, 3.8) is 0 Å². The van der Waals surface area contributed by atoms with Crippen LogP contribution in [0.1, 0.15) is 11.1 Å². The molecule has 3 rings (SSSR count). The number of esters is 2. The normalized spacial score (nSPS) is 24.1. The SMILES string of the molecule is O=C(/C=C/c1ccc(O)c(O)c1)OC[C@H]1O[C@H](O)[C@H](O)[C@@H](OC(=O)/C=C/c2ccc(O)c(O)c2)[C@@H]1O. The molecule has 0 aromatic heterocycles. The van der Waals surface area contributed by atoms with E-state index in [0.717, 1.165) is 12.2 Å². The van der Waals surface area contributed by atoms with Crippen molar-refractivity contribution in [3.8, 4) is 23.0 Å². The highest BCUT2D eigenvalue weighted by Gasteiger charge is 2.46. The molecule has 0 bridgehead atoms. The maximum absolute atomic E-state index is 12.2. The second kappa shape index (κ2) is 11.6. The van der Waals surface area contributed by atoms with Gasteiger partial charge < -0.3 is 50.0 Å². The molecule has 0 radical (unpaired) electrons. The number of hydrogen-bond donors (Lipinski definition) is 7. The molecule has 12 nitrogen and oxygen atoms in total. The third-order valence-electron chi connectivity index (χ3n) is 5.13. The van der Waals surface area contributed by atoms with Gasteiger partial charge in [-0.25, -0.2) is 9.59 Å². The highest BCUT2D eigenvalue weighted by Crippen LogP contribution is 2.27. The van der Waals surface area contributed by atoms with Crippen LogP contribution in [0.3, 0.4) is 0 Å². The Morgan fingerprint density at radius 1 is 0.778 bits per heavy atom. The molecular formula is C24H24O12. The van der Waals surface area contributed by atoms with Gasteiger partial charge in [-0.15, -0.1) is 0 Å². The van der Waals surface area contributed by atoms with Crippen LogP contribution in [0.15, 0.2) is 48.6 Å². The lowest BCUT2D eigenvalue weighted by molar-refractivity contribution is -0.289. The van der Waals surface area contributed by atoms with Crippen LogP contribution in [0.25, 0.3) is 12.2 Å². The van der Waals surface area contributed by atoms with Crippen molar-refractivity contribution >= 4 is 24.1 Å². The predicted molar refractivity (Wildman–Crippen MR) is 121 cm³/mol. The zero-order valence-electron chi connectivity index (χ0n) is 18.5. The lowest BCUT2D eigenvalue weighted by atomic mass is 9.99. The topological polar surface area (TPSA) is 203 Å². The molecule has 1 heterocycles. The van der Waals surface area contributed by atoms with E-state index in [-0.39, 0.29) is 17.2 Å². The Hall–Kier alpha value is -4.10. The number of phenolic OH excluding ortho intramolecular Hbond substituents is 4. The average molecular weight is 504 g/mol. The van der Waals surface area contributed by atoms with Crippen molar-refractivity contribution in [3.05, 3.63) is 59.7 Å². The third-order valence-corrected chi connectivity index (χ3v) is 5.13. The van der Waals surface area contributed by atoms with Gasteiger partial charge in [-0.2, -0.15) is 0 Å². The Morgan fingerprint density at radius 2 is 1.31 bits per heavy atom. The van der Waals surface area contributed by atoms with E-state index in [0.29, 0.717) is 11.1 Å². The molecule has 1 aliphatic rings. The molecule has 192 valence electrons. The summed E-state index contributed by atoms with van der Waals surface area (Å²) in [4.78, 5) is 24.2. The molecule has 2 aromatic carbocycles. The van der Waals surface area contributed by atoms with Gasteiger partial charge in [-0.05, 0) is 47.5 Å². The highest BCUT2D eigenvalue weighted by atomic mass is 16.7. The van der Waals surface area contributed by atoms with E-state index in [1.807, 2.05) is 0 Å². The van der Waals surface area contributed by atoms with Crippen LogP contribution in [0.2, 0.25) is 0 Å². The first-order valence-electron chi connectivity index (χ1n) is 10.5. The Bertz CT molecular complexity index is 1160. The smallest absolute Gasteiger partial charge is 0.331 e. The number of ether oxygens (including phenoxy) is 3. The van der Waals surface area contributed by atoms with Crippen LogP contribution in [0.4, 0.5) is 0 Å². The largest absolute Gasteiger partial charge is 0.504 e. The minimum atomic E-state index is -1.86. The molecule has 0 amide bonds. The van der Waals surface area contributed by atoms with Gasteiger partial charge in [0.2, 0.25) is 0 Å². The molecule has 36 heavy (non-hydrogen) atoms. The molecule has 0 unspecified atom stereocenters. The fourth-order valence-electron chi connectivity index (χ4n) is 3.20. The van der Waals surface area contributed by atoms with Crippen molar-refractivity contribution in [2.75, 3.05) is 6.61 Å². The summed E-state index contributed by atoms with van der Waals surface area (Å²) in [6.45, 7) is -0.564. The average Bonchev–Trinajstić information content (AvgIpc) is 2.84. The summed E-state index contributed by atoms with van der Waals surface area (Å²) in [6.07, 6.45) is -3.83. The summed E-state index contributed by atoms with van der Waals surface area (Å²) in [6, 6.07) is 7.67. The van der Waals surface area contributed by atoms with Crippen molar-refractivity contribution in [2.24, 2.45) is 0 Å². The summed E-state index contributed by atoms with van der Waals surface area (Å²) in [5, 5.41) is 68.1. The van der Waals surface area contributed by atoms with Crippen molar-refractivity contribution < 1.29 is 59.5 Å². The quantitative estimate of drug-likeness (QED) is 0.153. The minimum absolute atomic E-state index is 0.329. The monoisotopic (exact) mass is 504 g/mol. The summed E-state index contributed by atoms with van der Waals surface area (Å²) in [7, 11) is 0. The fourth-order valence-corrected chi connectivity index (χ4v) is 3.20. The Balaban J connectivity index is 1.58. The van der Waals surface area contributed by atoms with Gasteiger partial charge in [0.25, 0.3) is 0 Å². The molecule has 1 fully saturated rings. The number of hydrogen-bond acceptors (Lipinski definition) is 12. The van der Waals surface area contributed by atoms with E-state index in [4.69, 9.17) is 14.2 Å². The van der Waals surface area contributed by atoms with Crippen LogP contribution in [-0.4, -0.2) is 85.0 Å². The van der Waals surface area contributed by atoms with Gasteiger partial charge in [0.05, 0.1) is 0 Å². The Kier molecular flexibility index (Phi) is 8.51. The van der Waals surface area contributed by atoms with Crippen LogP contribution in [0, 0.1) is 0 Å². The maximum Gasteiger partial charge on any atom is 0.331 e. The summed E-state index contributed by atoms with van der Waals surface area (Å²) < 4.78 is 15.1. The van der Waals surface area contributed by atoms with Gasteiger partial charge in [-0.3, -0.25) is 0 Å². The second-order valence-corrected chi connectivity index (χ2v) is 7.74. The number of aromatic hydroxyl groups is 4. The third kappa shape index (κ3) is 6.73. The lowest BCUT2D eigenvalue weighted by Gasteiger charge is -2.39. The van der Waals surface area contributed by atoms with E-state index < -0.39 is 55.0 Å². The first-order chi connectivity index (χ1) is 17.0. The molecule has 0 aliphatic carbocycles. The molecule has 7 N–H and O–H groups in total. The predicted octanol–water partition coefficient (Wildman–Crippen LogP) is 0.130. The van der Waals surface area contributed by atoms with Crippen LogP contribution < -0.4 is 0 Å². The second-order valence-electron chi connectivity index (χ2n) is 7.74. The van der Waals surface area contributed by atoms with E-state index in [9.17, 15) is 45.3 Å². The molecule has 0 saturated carbocycles. The number of rotatable bonds is 7. The number of benzene rings is 2. The number of aliphatic hydroxyl groups is 3. The highest BCUT2D eigenvalue weighted by molar-refractivity contribution is 5.88. The molecular weight excluding hydrogens is 480 g/mol. The molecule has 2 aromatic rings. The van der Waals surface area contributed by atoms with Gasteiger partial charge in [0.15, 0.2) is 35.4 Å². The lowest BCUT2D eigenvalue weighted by Crippen LogP contribution is -2.60. The standard InChI is InChI=1S/C24H24O12/c25-14-5-1-12(9-16(14)27)3-7-19(29)34-11-18-21(31)23(22(32)24(33)35-18)36-20(30)8-4-13-2-6-15(26)17(28)10-13/h1-10,18,21-28,31-33H,11H2/b7-3+,8-4+/t18-,21-,22-,23+,24+/m1/s1. The zero-order valence-corrected chi connectivity index (χ0v) is 18.5. The Labute approximate surface area is 204 Å². The molecule has 12 heteroatoms. The van der Waals surface area contributed by atoms with Gasteiger partial charge in [-0.1, -0.05) is 12.1 Å². The Morgan fingerprint density at radius 3 is 1.83 bits per heavy atom. The van der Waals surface area contributed by atoms with E-state index >= 15 is 0 Å². The maximum atomic E-state index is 12.2. The molecule has 1 saturated heterocycles. The van der Waals surface area contributed by atoms with Crippen LogP contribution in [0.5, 0.6) is 23.0 Å². The molecule has 0 spiro atoms. The van der Waals surface area contributed by atoms with E-state index in [1.165, 1.54) is 48.6 Å². The first-order valence-corrected chi connectivity index (χ1v) is 10.5. The van der Waals surface area contributed by atoms with Crippen molar-refractivity contribution in [1.29, 1.82) is 0 Å². The van der Waals surface area contributed by atoms with E-state index in [1.54, 1.807) is 0 Å². The summed E-state index contributed by atoms with van der Waals surface area (Å²) in [5.74, 6) is -3.34. The summed E-state index contributed by atoms with van der Waals surface area (Å²) >= 11 is 0. The number of aliphatic hydroxyl groups excluding tert-OH is 3. The number of carbonyl (C=O) groups is 2. The summed E-state index contributed by atoms with van der Waals surface area (Å²) in [5.41, 5.74) is 0.730. The number of carbonyl (C=O) groups excluding carboxylic acids is 2. The number of phenols is 4. The van der Waals surface area contributed by atoms with Crippen molar-refractivity contribution in [1.82, 2.24) is 0 Å². The fraction of sp³-hybridized carbons (Fsp3) is 0.250.